The first-order valence-corrected chi connectivity index (χ1v) is 6.68. The third kappa shape index (κ3) is 4.12. The summed E-state index contributed by atoms with van der Waals surface area (Å²) in [4.78, 5) is 0. The van der Waals surface area contributed by atoms with Gasteiger partial charge in [-0.3, -0.25) is 0 Å². The molecule has 0 radical (unpaired) electrons. The standard InChI is InChI=1S/C13H27NO/c1-3-12(10-15)14-13(4-2)11-8-6-5-7-9-11/h11-15H,3-10H2,1-2H3/t12-,13?/m1/s1. The Hall–Kier alpha value is -0.0800. The second kappa shape index (κ2) is 7.24. The highest BCUT2D eigenvalue weighted by molar-refractivity contribution is 4.81. The van der Waals surface area contributed by atoms with Gasteiger partial charge in [0.2, 0.25) is 0 Å². The Bertz CT molecular complexity index is 151. The van der Waals surface area contributed by atoms with Crippen LogP contribution in [-0.4, -0.2) is 23.8 Å². The first-order valence-electron chi connectivity index (χ1n) is 6.68. The molecule has 2 nitrogen and oxygen atoms in total. The van der Waals surface area contributed by atoms with Crippen molar-refractivity contribution in [3.63, 3.8) is 0 Å². The third-order valence-electron chi connectivity index (χ3n) is 3.82. The maximum Gasteiger partial charge on any atom is 0.0584 e. The second-order valence-corrected chi connectivity index (χ2v) is 4.87. The predicted molar refractivity (Wildman–Crippen MR) is 65.0 cm³/mol. The molecule has 0 spiro atoms. The summed E-state index contributed by atoms with van der Waals surface area (Å²) in [6, 6.07) is 0.930. The molecule has 0 saturated heterocycles. The van der Waals surface area contributed by atoms with Crippen molar-refractivity contribution in [2.75, 3.05) is 6.61 Å². The molecule has 1 saturated carbocycles. The summed E-state index contributed by atoms with van der Waals surface area (Å²) in [5, 5.41) is 12.8. The van der Waals surface area contributed by atoms with Gasteiger partial charge >= 0.3 is 0 Å². The van der Waals surface area contributed by atoms with Crippen LogP contribution in [0.25, 0.3) is 0 Å². The van der Waals surface area contributed by atoms with Crippen molar-refractivity contribution in [3.05, 3.63) is 0 Å². The van der Waals surface area contributed by atoms with E-state index in [2.05, 4.69) is 19.2 Å². The Kier molecular flexibility index (Phi) is 6.26. The van der Waals surface area contributed by atoms with Gasteiger partial charge in [0.15, 0.2) is 0 Å². The Balaban J connectivity index is 2.38. The number of hydrogen-bond acceptors (Lipinski definition) is 2. The van der Waals surface area contributed by atoms with Gasteiger partial charge in [-0.2, -0.15) is 0 Å². The van der Waals surface area contributed by atoms with E-state index in [0.717, 1.165) is 12.3 Å². The molecule has 0 aliphatic heterocycles. The van der Waals surface area contributed by atoms with Gasteiger partial charge in [0.1, 0.15) is 0 Å². The van der Waals surface area contributed by atoms with Crippen LogP contribution in [0.5, 0.6) is 0 Å². The molecule has 90 valence electrons. The van der Waals surface area contributed by atoms with Gasteiger partial charge < -0.3 is 10.4 Å². The predicted octanol–water partition coefficient (Wildman–Crippen LogP) is 2.71. The minimum absolute atomic E-state index is 0.278. The lowest BCUT2D eigenvalue weighted by Crippen LogP contribution is -2.44. The van der Waals surface area contributed by atoms with E-state index in [1.54, 1.807) is 0 Å². The zero-order valence-electron chi connectivity index (χ0n) is 10.3. The summed E-state index contributed by atoms with van der Waals surface area (Å²) < 4.78 is 0. The van der Waals surface area contributed by atoms with Crippen LogP contribution in [0.2, 0.25) is 0 Å². The molecule has 0 aromatic carbocycles. The lowest BCUT2D eigenvalue weighted by atomic mass is 9.82. The Labute approximate surface area is 94.5 Å². The highest BCUT2D eigenvalue weighted by Gasteiger charge is 2.23. The van der Waals surface area contributed by atoms with Gasteiger partial charge in [-0.05, 0) is 31.6 Å². The lowest BCUT2D eigenvalue weighted by molar-refractivity contribution is 0.191. The van der Waals surface area contributed by atoms with Gasteiger partial charge in [-0.15, -0.1) is 0 Å². The number of hydrogen-bond donors (Lipinski definition) is 2. The summed E-state index contributed by atoms with van der Waals surface area (Å²) in [5.41, 5.74) is 0. The summed E-state index contributed by atoms with van der Waals surface area (Å²) in [7, 11) is 0. The fraction of sp³-hybridized carbons (Fsp3) is 1.00. The van der Waals surface area contributed by atoms with E-state index in [0.29, 0.717) is 12.1 Å². The van der Waals surface area contributed by atoms with E-state index in [1.165, 1.54) is 38.5 Å². The molecular formula is C13H27NO. The average molecular weight is 213 g/mol. The summed E-state index contributed by atoms with van der Waals surface area (Å²) >= 11 is 0. The highest BCUT2D eigenvalue weighted by Crippen LogP contribution is 2.27. The molecule has 0 heterocycles. The molecule has 1 aliphatic rings. The summed E-state index contributed by atoms with van der Waals surface area (Å²) in [6.45, 7) is 4.68. The van der Waals surface area contributed by atoms with Crippen LogP contribution in [0.3, 0.4) is 0 Å². The molecular weight excluding hydrogens is 186 g/mol. The monoisotopic (exact) mass is 213 g/mol. The van der Waals surface area contributed by atoms with E-state index in [4.69, 9.17) is 0 Å². The number of aliphatic hydroxyl groups is 1. The van der Waals surface area contributed by atoms with Crippen molar-refractivity contribution in [1.29, 1.82) is 0 Å². The Morgan fingerprint density at radius 3 is 2.27 bits per heavy atom. The SMILES string of the molecule is CCC(N[C@H](CC)CO)C1CCCCC1. The molecule has 1 fully saturated rings. The largest absolute Gasteiger partial charge is 0.395 e. The Morgan fingerprint density at radius 1 is 1.13 bits per heavy atom. The van der Waals surface area contributed by atoms with Crippen LogP contribution < -0.4 is 5.32 Å². The van der Waals surface area contributed by atoms with E-state index < -0.39 is 0 Å². The first kappa shape index (κ1) is 13.0. The van der Waals surface area contributed by atoms with Gasteiger partial charge in [-0.25, -0.2) is 0 Å². The lowest BCUT2D eigenvalue weighted by Gasteiger charge is -2.32. The van der Waals surface area contributed by atoms with Gasteiger partial charge in [0, 0.05) is 12.1 Å². The quantitative estimate of drug-likeness (QED) is 0.711. The van der Waals surface area contributed by atoms with E-state index in [9.17, 15) is 5.11 Å². The van der Waals surface area contributed by atoms with Crippen molar-refractivity contribution >= 4 is 0 Å². The van der Waals surface area contributed by atoms with Crippen molar-refractivity contribution in [2.45, 2.75) is 70.9 Å². The molecule has 0 aromatic rings. The minimum atomic E-state index is 0.278. The van der Waals surface area contributed by atoms with Gasteiger partial charge in [0.25, 0.3) is 0 Å². The summed E-state index contributed by atoms with van der Waals surface area (Å²) in [5.74, 6) is 0.851. The van der Waals surface area contributed by atoms with Crippen molar-refractivity contribution in [1.82, 2.24) is 5.32 Å². The Morgan fingerprint density at radius 2 is 1.80 bits per heavy atom. The molecule has 1 aliphatic carbocycles. The molecule has 2 atom stereocenters. The van der Waals surface area contributed by atoms with Crippen molar-refractivity contribution < 1.29 is 5.11 Å². The fourth-order valence-corrected chi connectivity index (χ4v) is 2.73. The van der Waals surface area contributed by atoms with E-state index in [1.807, 2.05) is 0 Å². The molecule has 1 rings (SSSR count). The zero-order valence-corrected chi connectivity index (χ0v) is 10.3. The maximum atomic E-state index is 9.21. The number of nitrogens with one attached hydrogen (secondary N) is 1. The summed E-state index contributed by atoms with van der Waals surface area (Å²) in [6.07, 6.45) is 9.21. The zero-order chi connectivity index (χ0) is 11.1. The molecule has 15 heavy (non-hydrogen) atoms. The van der Waals surface area contributed by atoms with Crippen LogP contribution in [-0.2, 0) is 0 Å². The van der Waals surface area contributed by atoms with E-state index >= 15 is 0 Å². The van der Waals surface area contributed by atoms with Crippen LogP contribution in [0.15, 0.2) is 0 Å². The number of rotatable bonds is 6. The first-order chi connectivity index (χ1) is 7.31. The van der Waals surface area contributed by atoms with Gasteiger partial charge in [-0.1, -0.05) is 33.1 Å². The van der Waals surface area contributed by atoms with Crippen molar-refractivity contribution in [2.24, 2.45) is 5.92 Å². The molecule has 0 bridgehead atoms. The molecule has 2 heteroatoms. The molecule has 2 N–H and O–H groups in total. The molecule has 0 amide bonds. The van der Waals surface area contributed by atoms with Gasteiger partial charge in [0.05, 0.1) is 6.61 Å². The number of aliphatic hydroxyl groups excluding tert-OH is 1. The molecule has 0 aromatic heterocycles. The van der Waals surface area contributed by atoms with Crippen LogP contribution in [0.4, 0.5) is 0 Å². The maximum absolute atomic E-state index is 9.21. The second-order valence-electron chi connectivity index (χ2n) is 4.87. The topological polar surface area (TPSA) is 32.3 Å². The van der Waals surface area contributed by atoms with E-state index in [-0.39, 0.29) is 6.61 Å². The van der Waals surface area contributed by atoms with Crippen LogP contribution in [0, 0.1) is 5.92 Å². The minimum Gasteiger partial charge on any atom is -0.395 e. The van der Waals surface area contributed by atoms with Crippen molar-refractivity contribution in [3.8, 4) is 0 Å². The fourth-order valence-electron chi connectivity index (χ4n) is 2.73. The third-order valence-corrected chi connectivity index (χ3v) is 3.82. The van der Waals surface area contributed by atoms with Crippen LogP contribution >= 0.6 is 0 Å². The average Bonchev–Trinajstić information content (AvgIpc) is 2.32. The smallest absolute Gasteiger partial charge is 0.0584 e. The van der Waals surface area contributed by atoms with Crippen LogP contribution in [0.1, 0.15) is 58.8 Å². The normalized spacial score (nSPS) is 22.6. The molecule has 1 unspecified atom stereocenters. The highest BCUT2D eigenvalue weighted by atomic mass is 16.3.